The first-order chi connectivity index (χ1) is 14.1. The number of rotatable bonds is 3. The zero-order valence-corrected chi connectivity index (χ0v) is 16.2. The molecule has 2 aromatic heterocycles. The van der Waals surface area contributed by atoms with Crippen LogP contribution < -0.4 is 9.47 Å². The van der Waals surface area contributed by atoms with Gasteiger partial charge in [-0.15, -0.1) is 0 Å². The number of hydrogen-bond acceptors (Lipinski definition) is 4. The van der Waals surface area contributed by atoms with E-state index in [-0.39, 0.29) is 5.82 Å². The molecule has 0 unspecified atom stereocenters. The molecule has 0 saturated carbocycles. The van der Waals surface area contributed by atoms with Crippen molar-refractivity contribution in [3.63, 3.8) is 0 Å². The Kier molecular flexibility index (Phi) is 3.91. The van der Waals surface area contributed by atoms with Crippen LogP contribution in [0, 0.1) is 12.7 Å². The van der Waals surface area contributed by atoms with Crippen molar-refractivity contribution in [2.75, 3.05) is 14.2 Å². The Morgan fingerprint density at radius 3 is 2.48 bits per heavy atom. The SMILES string of the molecule is COc1cc2cc3ccoc3c(-c3cc(C)nc4c(F)cccc34)c2cc1OC. The summed E-state index contributed by atoms with van der Waals surface area (Å²) >= 11 is 0. The quantitative estimate of drug-likeness (QED) is 0.366. The second kappa shape index (κ2) is 6.48. The van der Waals surface area contributed by atoms with Crippen LogP contribution in [-0.4, -0.2) is 19.2 Å². The van der Waals surface area contributed by atoms with Gasteiger partial charge in [0.1, 0.15) is 16.9 Å². The molecule has 0 radical (unpaired) electrons. The minimum atomic E-state index is -0.345. The molecule has 144 valence electrons. The van der Waals surface area contributed by atoms with Gasteiger partial charge in [0.25, 0.3) is 0 Å². The van der Waals surface area contributed by atoms with Crippen molar-refractivity contribution >= 4 is 32.6 Å². The topological polar surface area (TPSA) is 44.5 Å². The largest absolute Gasteiger partial charge is 0.493 e. The van der Waals surface area contributed by atoms with Crippen molar-refractivity contribution in [3.05, 3.63) is 66.3 Å². The van der Waals surface area contributed by atoms with Crippen LogP contribution in [0.25, 0.3) is 43.8 Å². The van der Waals surface area contributed by atoms with Crippen LogP contribution in [0.4, 0.5) is 4.39 Å². The van der Waals surface area contributed by atoms with Crippen molar-refractivity contribution in [2.45, 2.75) is 6.92 Å². The van der Waals surface area contributed by atoms with E-state index in [0.29, 0.717) is 17.0 Å². The van der Waals surface area contributed by atoms with E-state index in [4.69, 9.17) is 13.9 Å². The maximum atomic E-state index is 14.5. The fourth-order valence-corrected chi connectivity index (χ4v) is 3.97. The summed E-state index contributed by atoms with van der Waals surface area (Å²) in [7, 11) is 3.22. The van der Waals surface area contributed by atoms with Crippen molar-refractivity contribution in [1.82, 2.24) is 4.98 Å². The fourth-order valence-electron chi connectivity index (χ4n) is 3.97. The van der Waals surface area contributed by atoms with Crippen LogP contribution in [0.3, 0.4) is 0 Å². The molecule has 0 aliphatic rings. The highest BCUT2D eigenvalue weighted by Crippen LogP contribution is 2.43. The third-order valence-electron chi connectivity index (χ3n) is 5.25. The number of para-hydroxylation sites is 1. The number of aryl methyl sites for hydroxylation is 1. The van der Waals surface area contributed by atoms with Gasteiger partial charge < -0.3 is 13.9 Å². The number of halogens is 1. The normalized spacial score (nSPS) is 11.4. The monoisotopic (exact) mass is 387 g/mol. The molecule has 0 spiro atoms. The molecule has 0 aliphatic heterocycles. The van der Waals surface area contributed by atoms with Crippen LogP contribution in [0.5, 0.6) is 11.5 Å². The molecule has 4 nitrogen and oxygen atoms in total. The highest BCUT2D eigenvalue weighted by molar-refractivity contribution is 6.15. The van der Waals surface area contributed by atoms with Crippen LogP contribution in [0.1, 0.15) is 5.69 Å². The summed E-state index contributed by atoms with van der Waals surface area (Å²) in [5.74, 6) is 0.923. The molecule has 5 aromatic rings. The summed E-state index contributed by atoms with van der Waals surface area (Å²) in [6.07, 6.45) is 1.67. The van der Waals surface area contributed by atoms with Gasteiger partial charge in [-0.3, -0.25) is 4.98 Å². The number of aromatic nitrogens is 1. The molecule has 5 rings (SSSR count). The van der Waals surface area contributed by atoms with E-state index in [0.717, 1.165) is 43.9 Å². The van der Waals surface area contributed by atoms with E-state index >= 15 is 0 Å². The Morgan fingerprint density at radius 2 is 1.69 bits per heavy atom. The Hall–Kier alpha value is -3.60. The lowest BCUT2D eigenvalue weighted by Gasteiger charge is -2.15. The summed E-state index contributed by atoms with van der Waals surface area (Å²) in [5, 5.41) is 3.60. The van der Waals surface area contributed by atoms with Crippen LogP contribution in [-0.2, 0) is 0 Å². The van der Waals surface area contributed by atoms with Crippen molar-refractivity contribution in [2.24, 2.45) is 0 Å². The number of hydrogen-bond donors (Lipinski definition) is 0. The van der Waals surface area contributed by atoms with Crippen LogP contribution in [0.15, 0.2) is 59.2 Å². The number of methoxy groups -OCH3 is 2. The zero-order chi connectivity index (χ0) is 20.1. The number of benzene rings is 3. The molecular formula is C24H18FNO3. The Bertz CT molecular complexity index is 1400. The van der Waals surface area contributed by atoms with Gasteiger partial charge >= 0.3 is 0 Å². The van der Waals surface area contributed by atoms with E-state index in [2.05, 4.69) is 11.1 Å². The summed E-state index contributed by atoms with van der Waals surface area (Å²) in [5.41, 5.74) is 3.56. The summed E-state index contributed by atoms with van der Waals surface area (Å²) < 4.78 is 31.4. The summed E-state index contributed by atoms with van der Waals surface area (Å²) in [6, 6.07) is 14.8. The highest BCUT2D eigenvalue weighted by atomic mass is 19.1. The predicted molar refractivity (Wildman–Crippen MR) is 112 cm³/mol. The van der Waals surface area contributed by atoms with E-state index in [9.17, 15) is 4.39 Å². The average Bonchev–Trinajstić information content (AvgIpc) is 3.19. The van der Waals surface area contributed by atoms with E-state index in [1.54, 1.807) is 26.5 Å². The second-order valence-corrected chi connectivity index (χ2v) is 6.97. The lowest BCUT2D eigenvalue weighted by Crippen LogP contribution is -1.94. The molecule has 29 heavy (non-hydrogen) atoms. The highest BCUT2D eigenvalue weighted by Gasteiger charge is 2.19. The Labute approximate surface area is 166 Å². The molecule has 5 heteroatoms. The number of furan rings is 1. The third kappa shape index (κ3) is 2.62. The van der Waals surface area contributed by atoms with Gasteiger partial charge in [-0.2, -0.15) is 0 Å². The number of nitrogens with zero attached hydrogens (tertiary/aromatic N) is 1. The first kappa shape index (κ1) is 17.5. The first-order valence-electron chi connectivity index (χ1n) is 9.23. The fraction of sp³-hybridized carbons (Fsp3) is 0.125. The van der Waals surface area contributed by atoms with Gasteiger partial charge in [-0.25, -0.2) is 4.39 Å². The number of fused-ring (bicyclic) bond motifs is 3. The van der Waals surface area contributed by atoms with Crippen LogP contribution in [0.2, 0.25) is 0 Å². The van der Waals surface area contributed by atoms with E-state index in [1.807, 2.05) is 37.3 Å². The van der Waals surface area contributed by atoms with E-state index < -0.39 is 0 Å². The van der Waals surface area contributed by atoms with Gasteiger partial charge in [0.05, 0.1) is 20.5 Å². The third-order valence-corrected chi connectivity index (χ3v) is 5.25. The Morgan fingerprint density at radius 1 is 0.897 bits per heavy atom. The zero-order valence-electron chi connectivity index (χ0n) is 16.2. The van der Waals surface area contributed by atoms with Crippen molar-refractivity contribution in [3.8, 4) is 22.6 Å². The molecule has 0 saturated heterocycles. The average molecular weight is 387 g/mol. The van der Waals surface area contributed by atoms with Crippen LogP contribution >= 0.6 is 0 Å². The van der Waals surface area contributed by atoms with Gasteiger partial charge in [0.15, 0.2) is 11.5 Å². The molecule has 0 atom stereocenters. The summed E-state index contributed by atoms with van der Waals surface area (Å²) in [4.78, 5) is 4.42. The molecule has 2 heterocycles. The number of ether oxygens (including phenoxy) is 2. The van der Waals surface area contributed by atoms with Gasteiger partial charge in [-0.05, 0) is 59.7 Å². The lowest BCUT2D eigenvalue weighted by molar-refractivity contribution is 0.356. The maximum Gasteiger partial charge on any atom is 0.161 e. The molecule has 0 N–H and O–H groups in total. The predicted octanol–water partition coefficient (Wildman–Crippen LogP) is 6.27. The Balaban J connectivity index is 2.00. The maximum absolute atomic E-state index is 14.5. The molecule has 3 aromatic carbocycles. The molecule has 0 amide bonds. The molecule has 0 bridgehead atoms. The van der Waals surface area contributed by atoms with Gasteiger partial charge in [0, 0.05) is 22.0 Å². The van der Waals surface area contributed by atoms with E-state index in [1.165, 1.54) is 6.07 Å². The number of pyridine rings is 1. The second-order valence-electron chi connectivity index (χ2n) is 6.97. The van der Waals surface area contributed by atoms with Gasteiger partial charge in [-0.1, -0.05) is 12.1 Å². The standard InChI is InChI=1S/C24H18FNO3/c1-13-9-18(16-5-4-6-19(25)23(16)26-13)22-17-12-21(28-3)20(27-2)11-15(17)10-14-7-8-29-24(14)22/h4-12H,1-3H3. The molecular weight excluding hydrogens is 369 g/mol. The summed E-state index contributed by atoms with van der Waals surface area (Å²) in [6.45, 7) is 1.86. The lowest BCUT2D eigenvalue weighted by atomic mass is 9.93. The molecule has 0 aliphatic carbocycles. The van der Waals surface area contributed by atoms with Crippen molar-refractivity contribution in [1.29, 1.82) is 0 Å². The minimum absolute atomic E-state index is 0.345. The van der Waals surface area contributed by atoms with Crippen molar-refractivity contribution < 1.29 is 18.3 Å². The first-order valence-corrected chi connectivity index (χ1v) is 9.23. The minimum Gasteiger partial charge on any atom is -0.493 e. The molecule has 0 fully saturated rings. The smallest absolute Gasteiger partial charge is 0.161 e. The van der Waals surface area contributed by atoms with Gasteiger partial charge in [0.2, 0.25) is 0 Å².